The van der Waals surface area contributed by atoms with Crippen LogP contribution in [-0.4, -0.2) is 80.6 Å². The first kappa shape index (κ1) is 47.4. The minimum Gasteiger partial charge on any atom is -0.391 e. The van der Waals surface area contributed by atoms with E-state index in [9.17, 15) is 14.4 Å². The lowest BCUT2D eigenvalue weighted by Gasteiger charge is -2.30. The van der Waals surface area contributed by atoms with Crippen LogP contribution in [0.2, 0.25) is 0 Å². The maximum absolute atomic E-state index is 13.6. The van der Waals surface area contributed by atoms with Gasteiger partial charge in [0, 0.05) is 0 Å². The zero-order chi connectivity index (χ0) is 36.2. The van der Waals surface area contributed by atoms with Crippen LogP contribution < -0.4 is 27.8 Å². The Kier molecular flexibility index (Phi) is 35.0. The molecule has 0 aliphatic heterocycles. The number of amides is 1. The smallest absolute Gasteiger partial charge is 0.331 e. The lowest BCUT2D eigenvalue weighted by molar-refractivity contribution is -0.166. The molecular formula is C39H80N6O4. The summed E-state index contributed by atoms with van der Waals surface area (Å²) in [6.07, 6.45) is 27.2. The predicted octanol–water partition coefficient (Wildman–Crippen LogP) is 6.47. The van der Waals surface area contributed by atoms with Gasteiger partial charge in [0.1, 0.15) is 12.1 Å². The van der Waals surface area contributed by atoms with Crippen LogP contribution in [0.3, 0.4) is 0 Å². The molecule has 0 heterocycles. The fourth-order valence-electron chi connectivity index (χ4n) is 6.28. The van der Waals surface area contributed by atoms with Gasteiger partial charge < -0.3 is 32.6 Å². The monoisotopic (exact) mass is 697 g/mol. The minimum atomic E-state index is -0.860. The van der Waals surface area contributed by atoms with Crippen molar-refractivity contribution in [1.29, 1.82) is 0 Å². The number of unbranched alkanes of at least 4 members (excludes halogenated alkanes) is 18. The van der Waals surface area contributed by atoms with Gasteiger partial charge in [-0.15, -0.1) is 0 Å². The third-order valence-electron chi connectivity index (χ3n) is 9.37. The second-order valence-electron chi connectivity index (χ2n) is 14.0. The molecule has 0 bridgehead atoms. The van der Waals surface area contributed by atoms with E-state index in [0.717, 1.165) is 51.6 Å². The third kappa shape index (κ3) is 29.8. The Morgan fingerprint density at radius 2 is 1.00 bits per heavy atom. The summed E-state index contributed by atoms with van der Waals surface area (Å²) in [4.78, 5) is 41.2. The van der Waals surface area contributed by atoms with Gasteiger partial charge in [0.05, 0.1) is 6.42 Å². The van der Waals surface area contributed by atoms with E-state index in [2.05, 4.69) is 29.4 Å². The standard InChI is InChI=1S/C39H80N6O4/c1-3-5-7-9-11-13-15-17-19-21-32-45(33-22-20-18-16-14-12-10-8-6-4-2)36(34-37(42)46)39(48)49-38(47)35(44-31-25-28-41)26-23-29-43-30-24-27-40/h35-36,43-44H,3-34,40-41H2,1-2H3,(H2,42,46)/t35-,36-/m0/s1. The van der Waals surface area contributed by atoms with Crippen LogP contribution in [0.25, 0.3) is 0 Å². The molecule has 0 saturated heterocycles. The Balaban J connectivity index is 5.26. The maximum Gasteiger partial charge on any atom is 0.331 e. The van der Waals surface area contributed by atoms with E-state index in [4.69, 9.17) is 21.9 Å². The minimum absolute atomic E-state index is 0.155. The molecule has 2 atom stereocenters. The quantitative estimate of drug-likeness (QED) is 0.0276. The van der Waals surface area contributed by atoms with E-state index in [1.807, 2.05) is 0 Å². The first-order valence-corrected chi connectivity index (χ1v) is 20.5. The van der Waals surface area contributed by atoms with Crippen LogP contribution in [0.15, 0.2) is 0 Å². The number of nitrogens with zero attached hydrogens (tertiary/aromatic N) is 1. The number of ether oxygens (including phenoxy) is 1. The average molecular weight is 697 g/mol. The zero-order valence-electron chi connectivity index (χ0n) is 32.1. The zero-order valence-corrected chi connectivity index (χ0v) is 32.1. The summed E-state index contributed by atoms with van der Waals surface area (Å²) in [6, 6.07) is -1.49. The molecule has 0 rings (SSSR count). The molecule has 0 aromatic rings. The van der Waals surface area contributed by atoms with E-state index in [1.165, 1.54) is 103 Å². The number of hydrogen-bond acceptors (Lipinski definition) is 9. The van der Waals surface area contributed by atoms with E-state index < -0.39 is 29.9 Å². The van der Waals surface area contributed by atoms with Gasteiger partial charge in [0.25, 0.3) is 0 Å². The molecule has 0 spiro atoms. The summed E-state index contributed by atoms with van der Waals surface area (Å²) in [5, 5.41) is 6.55. The SMILES string of the molecule is CCCCCCCCCCCCN(CCCCCCCCCCCC)[C@@H](CC(N)=O)C(=O)OC(=O)[C@H](CCCNCCCN)NCCCN. The molecule has 1 amide bonds. The molecule has 8 N–H and O–H groups in total. The fourth-order valence-corrected chi connectivity index (χ4v) is 6.28. The topological polar surface area (TPSA) is 166 Å². The highest BCUT2D eigenvalue weighted by molar-refractivity contribution is 5.93. The molecule has 0 aromatic heterocycles. The number of nitrogens with two attached hydrogens (primary N) is 3. The van der Waals surface area contributed by atoms with Crippen LogP contribution in [0, 0.1) is 0 Å². The average Bonchev–Trinajstić information content (AvgIpc) is 3.08. The molecule has 0 aliphatic carbocycles. The molecular weight excluding hydrogens is 616 g/mol. The van der Waals surface area contributed by atoms with Crippen molar-refractivity contribution in [1.82, 2.24) is 15.5 Å². The number of nitrogens with one attached hydrogen (secondary N) is 2. The maximum atomic E-state index is 13.6. The molecule has 0 fully saturated rings. The number of carbonyl (C=O) groups excluding carboxylic acids is 3. The highest BCUT2D eigenvalue weighted by Crippen LogP contribution is 2.16. The van der Waals surface area contributed by atoms with Gasteiger partial charge in [0.15, 0.2) is 0 Å². The van der Waals surface area contributed by atoms with E-state index in [1.54, 1.807) is 0 Å². The summed E-state index contributed by atoms with van der Waals surface area (Å²) in [7, 11) is 0. The van der Waals surface area contributed by atoms with Crippen molar-refractivity contribution < 1.29 is 19.1 Å². The van der Waals surface area contributed by atoms with Crippen LogP contribution in [0.5, 0.6) is 0 Å². The molecule has 0 saturated carbocycles. The first-order chi connectivity index (χ1) is 23.9. The molecule has 0 radical (unpaired) electrons. The van der Waals surface area contributed by atoms with Crippen molar-refractivity contribution in [3.8, 4) is 0 Å². The van der Waals surface area contributed by atoms with Crippen molar-refractivity contribution in [2.75, 3.05) is 45.8 Å². The largest absolute Gasteiger partial charge is 0.391 e. The van der Waals surface area contributed by atoms with Gasteiger partial charge >= 0.3 is 11.9 Å². The van der Waals surface area contributed by atoms with Gasteiger partial charge in [0.2, 0.25) is 5.91 Å². The van der Waals surface area contributed by atoms with Crippen molar-refractivity contribution >= 4 is 17.8 Å². The van der Waals surface area contributed by atoms with Crippen LogP contribution in [-0.2, 0) is 19.1 Å². The van der Waals surface area contributed by atoms with E-state index in [0.29, 0.717) is 45.6 Å². The number of carbonyl (C=O) groups is 3. The van der Waals surface area contributed by atoms with Crippen LogP contribution in [0.4, 0.5) is 0 Å². The van der Waals surface area contributed by atoms with Crippen molar-refractivity contribution in [2.24, 2.45) is 17.2 Å². The summed E-state index contributed by atoms with van der Waals surface area (Å²) in [6.45, 7) is 9.11. The predicted molar refractivity (Wildman–Crippen MR) is 205 cm³/mol. The summed E-state index contributed by atoms with van der Waals surface area (Å²) in [5.74, 6) is -1.84. The molecule has 10 heteroatoms. The Morgan fingerprint density at radius 1 is 0.571 bits per heavy atom. The summed E-state index contributed by atoms with van der Waals surface area (Å²) >= 11 is 0. The van der Waals surface area contributed by atoms with E-state index >= 15 is 0 Å². The van der Waals surface area contributed by atoms with E-state index in [-0.39, 0.29) is 6.42 Å². The summed E-state index contributed by atoms with van der Waals surface area (Å²) in [5.41, 5.74) is 16.9. The lowest BCUT2D eigenvalue weighted by Crippen LogP contribution is -2.48. The highest BCUT2D eigenvalue weighted by Gasteiger charge is 2.32. The molecule has 49 heavy (non-hydrogen) atoms. The second-order valence-corrected chi connectivity index (χ2v) is 14.0. The van der Waals surface area contributed by atoms with Gasteiger partial charge in [-0.25, -0.2) is 9.59 Å². The normalized spacial score (nSPS) is 12.8. The molecule has 0 aliphatic rings. The van der Waals surface area contributed by atoms with Crippen LogP contribution >= 0.6 is 0 Å². The van der Waals surface area contributed by atoms with Crippen molar-refractivity contribution in [3.05, 3.63) is 0 Å². The molecule has 10 nitrogen and oxygen atoms in total. The van der Waals surface area contributed by atoms with Crippen LogP contribution in [0.1, 0.15) is 174 Å². The first-order valence-electron chi connectivity index (χ1n) is 20.5. The molecule has 0 aromatic carbocycles. The lowest BCUT2D eigenvalue weighted by atomic mass is 10.0. The molecule has 290 valence electrons. The Labute approximate surface area is 301 Å². The number of primary amides is 1. The Morgan fingerprint density at radius 3 is 1.45 bits per heavy atom. The Bertz CT molecular complexity index is 748. The van der Waals surface area contributed by atoms with Crippen molar-refractivity contribution in [3.63, 3.8) is 0 Å². The number of rotatable bonds is 38. The van der Waals surface area contributed by atoms with Gasteiger partial charge in [-0.05, 0) is 84.3 Å². The highest BCUT2D eigenvalue weighted by atomic mass is 16.6. The van der Waals surface area contributed by atoms with Gasteiger partial charge in [-0.2, -0.15) is 0 Å². The van der Waals surface area contributed by atoms with Gasteiger partial charge in [-0.3, -0.25) is 9.69 Å². The van der Waals surface area contributed by atoms with Gasteiger partial charge in [-0.1, -0.05) is 129 Å². The second kappa shape index (κ2) is 36.2. The number of hydrogen-bond donors (Lipinski definition) is 5. The third-order valence-corrected chi connectivity index (χ3v) is 9.37. The Hall–Kier alpha value is -1.59. The molecule has 0 unspecified atom stereocenters. The number of esters is 2. The van der Waals surface area contributed by atoms with Crippen molar-refractivity contribution in [2.45, 2.75) is 186 Å². The summed E-state index contributed by atoms with van der Waals surface area (Å²) < 4.78 is 5.52. The fraction of sp³-hybridized carbons (Fsp3) is 0.923.